The van der Waals surface area contributed by atoms with Gasteiger partial charge in [-0.2, -0.15) is 0 Å². The number of thiophene rings is 1. The third kappa shape index (κ3) is 5.56. The van der Waals surface area contributed by atoms with E-state index in [-0.39, 0.29) is 11.9 Å². The number of nitrogens with one attached hydrogen (secondary N) is 1. The predicted octanol–water partition coefficient (Wildman–Crippen LogP) is 5.88. The van der Waals surface area contributed by atoms with Gasteiger partial charge >= 0.3 is 5.97 Å². The molecule has 0 aliphatic heterocycles. The zero-order chi connectivity index (χ0) is 19.1. The number of anilines is 1. The number of hydrogen-bond donors (Lipinski definition) is 1. The lowest BCUT2D eigenvalue weighted by Crippen LogP contribution is -2.17. The number of aryl methyl sites for hydroxylation is 1. The second-order valence-corrected chi connectivity index (χ2v) is 9.10. The average Bonchev–Trinajstić information content (AvgIpc) is 2.85. The van der Waals surface area contributed by atoms with E-state index in [2.05, 4.69) is 5.32 Å². The molecular weight excluding hydrogens is 358 g/mol. The largest absolute Gasteiger partial charge is 0.462 e. The van der Waals surface area contributed by atoms with Gasteiger partial charge in [0.25, 0.3) is 0 Å². The topological polar surface area (TPSA) is 55.4 Å². The van der Waals surface area contributed by atoms with Gasteiger partial charge < -0.3 is 10.1 Å². The summed E-state index contributed by atoms with van der Waals surface area (Å²) >= 11 is 1.59. The van der Waals surface area contributed by atoms with Crippen molar-refractivity contribution in [1.29, 1.82) is 0 Å². The monoisotopic (exact) mass is 391 g/mol. The van der Waals surface area contributed by atoms with Crippen molar-refractivity contribution < 1.29 is 14.3 Å². The molecule has 0 radical (unpaired) electrons. The van der Waals surface area contributed by atoms with Crippen LogP contribution < -0.4 is 5.32 Å². The summed E-state index contributed by atoms with van der Waals surface area (Å²) in [4.78, 5) is 26.5. The minimum atomic E-state index is -0.265. The number of amides is 1. The number of carbonyl (C=O) groups excluding carboxylic acids is 2. The molecule has 150 valence electrons. The lowest BCUT2D eigenvalue weighted by molar-refractivity contribution is -0.116. The van der Waals surface area contributed by atoms with Crippen molar-refractivity contribution in [3.05, 3.63) is 16.0 Å². The number of esters is 1. The molecule has 1 fully saturated rings. The van der Waals surface area contributed by atoms with Gasteiger partial charge in [-0.15, -0.1) is 11.3 Å². The first-order valence-electron chi connectivity index (χ1n) is 10.8. The van der Waals surface area contributed by atoms with Crippen LogP contribution in [-0.4, -0.2) is 18.5 Å². The Morgan fingerprint density at radius 1 is 1.07 bits per heavy atom. The molecule has 0 saturated heterocycles. The molecule has 1 saturated carbocycles. The van der Waals surface area contributed by atoms with E-state index in [4.69, 9.17) is 4.74 Å². The fraction of sp³-hybridized carbons (Fsp3) is 0.727. The summed E-state index contributed by atoms with van der Waals surface area (Å²) in [7, 11) is 0. The molecule has 1 aromatic rings. The molecule has 0 unspecified atom stereocenters. The van der Waals surface area contributed by atoms with Crippen molar-refractivity contribution in [2.45, 2.75) is 90.4 Å². The summed E-state index contributed by atoms with van der Waals surface area (Å²) in [5.74, 6) is 0.471. The van der Waals surface area contributed by atoms with Crippen LogP contribution in [0.15, 0.2) is 0 Å². The molecule has 2 aliphatic carbocycles. The molecule has 2 aliphatic rings. The van der Waals surface area contributed by atoms with Gasteiger partial charge in [0.15, 0.2) is 0 Å². The van der Waals surface area contributed by atoms with Gasteiger partial charge in [0.05, 0.1) is 12.2 Å². The van der Waals surface area contributed by atoms with Crippen LogP contribution in [0.1, 0.15) is 98.4 Å². The lowest BCUT2D eigenvalue weighted by Gasteiger charge is -2.21. The molecule has 0 spiro atoms. The van der Waals surface area contributed by atoms with Crippen molar-refractivity contribution in [1.82, 2.24) is 0 Å². The minimum absolute atomic E-state index is 0.0431. The highest BCUT2D eigenvalue weighted by atomic mass is 32.1. The van der Waals surface area contributed by atoms with Gasteiger partial charge in [0.2, 0.25) is 5.91 Å². The summed E-state index contributed by atoms with van der Waals surface area (Å²) in [6.07, 6.45) is 14.2. The summed E-state index contributed by atoms with van der Waals surface area (Å²) in [6.45, 7) is 2.42. The van der Waals surface area contributed by atoms with Crippen LogP contribution in [0.25, 0.3) is 0 Å². The van der Waals surface area contributed by atoms with Gasteiger partial charge in [-0.1, -0.05) is 45.4 Å². The van der Waals surface area contributed by atoms with Crippen LogP contribution in [0.4, 0.5) is 5.00 Å². The third-order valence-electron chi connectivity index (χ3n) is 5.82. The van der Waals surface area contributed by atoms with Gasteiger partial charge in [-0.3, -0.25) is 4.79 Å². The van der Waals surface area contributed by atoms with Gasteiger partial charge in [-0.05, 0) is 50.0 Å². The number of rotatable bonds is 7. The maximum absolute atomic E-state index is 12.7. The summed E-state index contributed by atoms with van der Waals surface area (Å²) in [5.41, 5.74) is 1.76. The lowest BCUT2D eigenvalue weighted by atomic mass is 9.86. The molecule has 27 heavy (non-hydrogen) atoms. The molecule has 0 atom stereocenters. The van der Waals surface area contributed by atoms with Crippen LogP contribution in [-0.2, 0) is 22.4 Å². The normalized spacial score (nSPS) is 17.8. The first-order valence-corrected chi connectivity index (χ1v) is 11.6. The third-order valence-corrected chi connectivity index (χ3v) is 7.03. The van der Waals surface area contributed by atoms with Crippen molar-refractivity contribution >= 4 is 28.2 Å². The Morgan fingerprint density at radius 2 is 1.81 bits per heavy atom. The number of ether oxygens (including phenoxy) is 1. The Bertz CT molecular complexity index is 646. The van der Waals surface area contributed by atoms with E-state index in [1.807, 2.05) is 6.92 Å². The zero-order valence-corrected chi connectivity index (χ0v) is 17.4. The van der Waals surface area contributed by atoms with E-state index < -0.39 is 0 Å². The van der Waals surface area contributed by atoms with E-state index in [0.717, 1.165) is 49.1 Å². The van der Waals surface area contributed by atoms with Crippen LogP contribution in [0, 0.1) is 5.92 Å². The molecule has 5 heteroatoms. The van der Waals surface area contributed by atoms with Crippen LogP contribution in [0.5, 0.6) is 0 Å². The maximum atomic E-state index is 12.7. The first kappa shape index (κ1) is 20.4. The molecule has 1 N–H and O–H groups in total. The summed E-state index contributed by atoms with van der Waals surface area (Å²) in [5, 5.41) is 3.78. The van der Waals surface area contributed by atoms with E-state index >= 15 is 0 Å². The standard InChI is InChI=1S/C22H33NO3S/c1-2-15-26-22(25)20-17-11-7-4-8-12-18(17)27-21(20)23-19(24)14-13-16-9-5-3-6-10-16/h16H,2-15H2,1H3,(H,23,24). The average molecular weight is 392 g/mol. The molecule has 1 amide bonds. The van der Waals surface area contributed by atoms with Crippen molar-refractivity contribution in [3.63, 3.8) is 0 Å². The highest BCUT2D eigenvalue weighted by Gasteiger charge is 2.27. The van der Waals surface area contributed by atoms with Crippen molar-refractivity contribution in [3.8, 4) is 0 Å². The fourth-order valence-corrected chi connectivity index (χ4v) is 5.61. The fourth-order valence-electron chi connectivity index (χ4n) is 4.31. The molecule has 4 nitrogen and oxygen atoms in total. The minimum Gasteiger partial charge on any atom is -0.462 e. The van der Waals surface area contributed by atoms with Crippen LogP contribution in [0.3, 0.4) is 0 Å². The van der Waals surface area contributed by atoms with Gasteiger partial charge in [0.1, 0.15) is 5.00 Å². The Morgan fingerprint density at radius 3 is 2.59 bits per heavy atom. The Hall–Kier alpha value is -1.36. The highest BCUT2D eigenvalue weighted by molar-refractivity contribution is 7.17. The molecule has 0 aromatic carbocycles. The number of hydrogen-bond acceptors (Lipinski definition) is 4. The summed E-state index contributed by atoms with van der Waals surface area (Å²) in [6, 6.07) is 0. The molecular formula is C22H33NO3S. The Labute approximate surface area is 167 Å². The Kier molecular flexibility index (Phi) is 7.74. The molecule has 1 heterocycles. The molecule has 3 rings (SSSR count). The predicted molar refractivity (Wildman–Crippen MR) is 111 cm³/mol. The van der Waals surface area contributed by atoms with Crippen molar-refractivity contribution in [2.24, 2.45) is 5.92 Å². The van der Waals surface area contributed by atoms with Crippen LogP contribution in [0.2, 0.25) is 0 Å². The number of fused-ring (bicyclic) bond motifs is 1. The van der Waals surface area contributed by atoms with Gasteiger partial charge in [0, 0.05) is 11.3 Å². The quantitative estimate of drug-likeness (QED) is 0.466. The summed E-state index contributed by atoms with van der Waals surface area (Å²) < 4.78 is 5.44. The molecule has 0 bridgehead atoms. The first-order chi connectivity index (χ1) is 13.2. The van der Waals surface area contributed by atoms with E-state index in [1.54, 1.807) is 11.3 Å². The smallest absolute Gasteiger partial charge is 0.341 e. The Balaban J connectivity index is 1.69. The second kappa shape index (κ2) is 10.3. The van der Waals surface area contributed by atoms with E-state index in [1.165, 1.54) is 43.4 Å². The SMILES string of the molecule is CCCOC(=O)c1c(NC(=O)CCC2CCCCC2)sc2c1CCCCC2. The van der Waals surface area contributed by atoms with Crippen molar-refractivity contribution in [2.75, 3.05) is 11.9 Å². The van der Waals surface area contributed by atoms with Crippen LogP contribution >= 0.6 is 11.3 Å². The molecule has 1 aromatic heterocycles. The zero-order valence-electron chi connectivity index (χ0n) is 16.6. The second-order valence-electron chi connectivity index (χ2n) is 8.00. The maximum Gasteiger partial charge on any atom is 0.341 e. The van der Waals surface area contributed by atoms with E-state index in [0.29, 0.717) is 24.5 Å². The van der Waals surface area contributed by atoms with Gasteiger partial charge in [-0.25, -0.2) is 4.79 Å². The highest BCUT2D eigenvalue weighted by Crippen LogP contribution is 2.38. The van der Waals surface area contributed by atoms with E-state index in [9.17, 15) is 9.59 Å². The number of carbonyl (C=O) groups is 2.